The number of aliphatic hydroxyl groups is 1. The number of amides is 1. The van der Waals surface area contributed by atoms with E-state index in [1.807, 2.05) is 13.8 Å². The highest BCUT2D eigenvalue weighted by Crippen LogP contribution is 2.05. The first-order valence-electron chi connectivity index (χ1n) is 5.30. The molecular weight excluding hydrogens is 180 g/mol. The molecule has 0 saturated carbocycles. The van der Waals surface area contributed by atoms with Gasteiger partial charge in [0.25, 0.3) is 0 Å². The maximum atomic E-state index is 11.5. The summed E-state index contributed by atoms with van der Waals surface area (Å²) < 4.78 is 0. The molecule has 1 amide bonds. The van der Waals surface area contributed by atoms with E-state index in [-0.39, 0.29) is 17.9 Å². The van der Waals surface area contributed by atoms with Crippen molar-refractivity contribution in [1.29, 1.82) is 0 Å². The van der Waals surface area contributed by atoms with Crippen LogP contribution >= 0.6 is 0 Å². The molecule has 0 aromatic rings. The summed E-state index contributed by atoms with van der Waals surface area (Å²) in [5, 5.41) is 15.4. The van der Waals surface area contributed by atoms with Gasteiger partial charge in [-0.2, -0.15) is 0 Å². The molecule has 3 N–H and O–H groups in total. The van der Waals surface area contributed by atoms with Crippen molar-refractivity contribution in [3.8, 4) is 0 Å². The highest BCUT2D eigenvalue weighted by molar-refractivity contribution is 5.81. The van der Waals surface area contributed by atoms with Gasteiger partial charge in [0.2, 0.25) is 5.91 Å². The minimum Gasteiger partial charge on any atom is -0.391 e. The fourth-order valence-electron chi connectivity index (χ4n) is 1.47. The molecule has 1 aliphatic heterocycles. The first-order valence-corrected chi connectivity index (χ1v) is 5.30. The molecule has 1 rings (SSSR count). The second-order valence-corrected chi connectivity index (χ2v) is 4.21. The second-order valence-electron chi connectivity index (χ2n) is 4.21. The number of hydrogen-bond acceptors (Lipinski definition) is 3. The quantitative estimate of drug-likeness (QED) is 0.592. The zero-order valence-corrected chi connectivity index (χ0v) is 8.92. The monoisotopic (exact) mass is 200 g/mol. The Morgan fingerprint density at radius 3 is 2.86 bits per heavy atom. The average molecular weight is 200 g/mol. The summed E-state index contributed by atoms with van der Waals surface area (Å²) in [6.45, 7) is 5.15. The molecule has 1 saturated heterocycles. The van der Waals surface area contributed by atoms with Crippen LogP contribution in [0.2, 0.25) is 0 Å². The van der Waals surface area contributed by atoms with Crippen LogP contribution in [-0.2, 0) is 4.79 Å². The van der Waals surface area contributed by atoms with Crippen molar-refractivity contribution in [3.63, 3.8) is 0 Å². The molecule has 2 unspecified atom stereocenters. The molecule has 14 heavy (non-hydrogen) atoms. The number of rotatable bonds is 4. The number of nitrogens with one attached hydrogen (secondary N) is 2. The summed E-state index contributed by atoms with van der Waals surface area (Å²) in [6.07, 6.45) is 1.52. The Labute approximate surface area is 85.1 Å². The van der Waals surface area contributed by atoms with E-state index in [9.17, 15) is 9.90 Å². The number of carbonyl (C=O) groups excluding carboxylic acids is 1. The molecule has 0 aromatic carbocycles. The Morgan fingerprint density at radius 1 is 1.64 bits per heavy atom. The van der Waals surface area contributed by atoms with Crippen LogP contribution in [0.3, 0.4) is 0 Å². The van der Waals surface area contributed by atoms with Crippen LogP contribution in [0.4, 0.5) is 0 Å². The van der Waals surface area contributed by atoms with Gasteiger partial charge < -0.3 is 15.7 Å². The molecule has 4 nitrogen and oxygen atoms in total. The molecule has 0 radical (unpaired) electrons. The van der Waals surface area contributed by atoms with Crippen LogP contribution < -0.4 is 10.6 Å². The molecule has 0 aliphatic carbocycles. The Hall–Kier alpha value is -0.610. The van der Waals surface area contributed by atoms with E-state index in [2.05, 4.69) is 10.6 Å². The first kappa shape index (κ1) is 11.5. The molecule has 1 heterocycles. The van der Waals surface area contributed by atoms with E-state index in [0.29, 0.717) is 6.54 Å². The minimum atomic E-state index is -0.444. The third kappa shape index (κ3) is 3.27. The van der Waals surface area contributed by atoms with E-state index in [1.54, 1.807) is 0 Å². The van der Waals surface area contributed by atoms with Gasteiger partial charge in [-0.3, -0.25) is 4.79 Å². The summed E-state index contributed by atoms with van der Waals surface area (Å²) >= 11 is 0. The van der Waals surface area contributed by atoms with Gasteiger partial charge in [0.15, 0.2) is 0 Å². The normalized spacial score (nSPS) is 23.9. The third-order valence-electron chi connectivity index (χ3n) is 2.63. The highest BCUT2D eigenvalue weighted by Gasteiger charge is 2.22. The molecule has 82 valence electrons. The van der Waals surface area contributed by atoms with Crippen LogP contribution in [0.25, 0.3) is 0 Å². The summed E-state index contributed by atoms with van der Waals surface area (Å²) in [5.74, 6) is 0.203. The summed E-state index contributed by atoms with van der Waals surface area (Å²) in [7, 11) is 0. The lowest BCUT2D eigenvalue weighted by molar-refractivity contribution is -0.123. The van der Waals surface area contributed by atoms with Gasteiger partial charge in [0.1, 0.15) is 0 Å². The van der Waals surface area contributed by atoms with Crippen molar-refractivity contribution in [2.24, 2.45) is 5.92 Å². The lowest BCUT2D eigenvalue weighted by Gasteiger charge is -2.17. The van der Waals surface area contributed by atoms with Gasteiger partial charge in [0.05, 0.1) is 12.1 Å². The van der Waals surface area contributed by atoms with Crippen molar-refractivity contribution in [1.82, 2.24) is 10.6 Å². The molecule has 4 heteroatoms. The van der Waals surface area contributed by atoms with Gasteiger partial charge in [-0.25, -0.2) is 0 Å². The van der Waals surface area contributed by atoms with Crippen LogP contribution in [0, 0.1) is 5.92 Å². The van der Waals surface area contributed by atoms with E-state index < -0.39 is 6.10 Å². The predicted molar refractivity (Wildman–Crippen MR) is 54.9 cm³/mol. The fourth-order valence-corrected chi connectivity index (χ4v) is 1.47. The van der Waals surface area contributed by atoms with Crippen LogP contribution in [0.1, 0.15) is 26.7 Å². The molecular formula is C10H20N2O2. The third-order valence-corrected chi connectivity index (χ3v) is 2.63. The SMILES string of the molecule is CC(C)C(O)CNC(=O)C1CCCN1. The van der Waals surface area contributed by atoms with Crippen molar-refractivity contribution in [2.45, 2.75) is 38.8 Å². The molecule has 2 atom stereocenters. The van der Waals surface area contributed by atoms with Crippen molar-refractivity contribution >= 4 is 5.91 Å². The largest absolute Gasteiger partial charge is 0.391 e. The molecule has 0 bridgehead atoms. The van der Waals surface area contributed by atoms with Crippen molar-refractivity contribution in [3.05, 3.63) is 0 Å². The van der Waals surface area contributed by atoms with Crippen LogP contribution in [0.15, 0.2) is 0 Å². The van der Waals surface area contributed by atoms with Gasteiger partial charge >= 0.3 is 0 Å². The van der Waals surface area contributed by atoms with E-state index in [0.717, 1.165) is 19.4 Å². The summed E-state index contributed by atoms with van der Waals surface area (Å²) in [5.41, 5.74) is 0. The maximum Gasteiger partial charge on any atom is 0.237 e. The van der Waals surface area contributed by atoms with Crippen LogP contribution in [-0.4, -0.2) is 36.2 Å². The highest BCUT2D eigenvalue weighted by atomic mass is 16.3. The Balaban J connectivity index is 2.20. The fraction of sp³-hybridized carbons (Fsp3) is 0.900. The van der Waals surface area contributed by atoms with Gasteiger partial charge in [-0.1, -0.05) is 13.8 Å². The average Bonchev–Trinajstić information content (AvgIpc) is 2.66. The lowest BCUT2D eigenvalue weighted by atomic mass is 10.1. The smallest absolute Gasteiger partial charge is 0.237 e. The summed E-state index contributed by atoms with van der Waals surface area (Å²) in [6, 6.07) is -0.0469. The number of hydrogen-bond donors (Lipinski definition) is 3. The minimum absolute atomic E-state index is 0.0159. The standard InChI is InChI=1S/C10H20N2O2/c1-7(2)9(13)6-12-10(14)8-4-3-5-11-8/h7-9,11,13H,3-6H2,1-2H3,(H,12,14). The van der Waals surface area contributed by atoms with E-state index in [1.165, 1.54) is 0 Å². The zero-order valence-electron chi connectivity index (χ0n) is 8.92. The van der Waals surface area contributed by atoms with Crippen LogP contribution in [0.5, 0.6) is 0 Å². The molecule has 0 aromatic heterocycles. The lowest BCUT2D eigenvalue weighted by Crippen LogP contribution is -2.44. The van der Waals surface area contributed by atoms with Crippen molar-refractivity contribution < 1.29 is 9.90 Å². The maximum absolute atomic E-state index is 11.5. The van der Waals surface area contributed by atoms with Crippen molar-refractivity contribution in [2.75, 3.05) is 13.1 Å². The summed E-state index contributed by atoms with van der Waals surface area (Å²) in [4.78, 5) is 11.5. The Morgan fingerprint density at radius 2 is 2.36 bits per heavy atom. The molecule has 0 spiro atoms. The van der Waals surface area contributed by atoms with Gasteiger partial charge in [-0.05, 0) is 25.3 Å². The Kier molecular flexibility index (Phi) is 4.35. The second kappa shape index (κ2) is 5.32. The zero-order chi connectivity index (χ0) is 10.6. The number of carbonyl (C=O) groups is 1. The molecule has 1 aliphatic rings. The van der Waals surface area contributed by atoms with E-state index in [4.69, 9.17) is 0 Å². The first-order chi connectivity index (χ1) is 6.61. The van der Waals surface area contributed by atoms with E-state index >= 15 is 0 Å². The molecule has 1 fully saturated rings. The Bertz CT molecular complexity index is 189. The van der Waals surface area contributed by atoms with Gasteiger partial charge in [-0.15, -0.1) is 0 Å². The topological polar surface area (TPSA) is 61.4 Å². The van der Waals surface area contributed by atoms with Gasteiger partial charge in [0, 0.05) is 6.54 Å². The number of aliphatic hydroxyl groups excluding tert-OH is 1. The predicted octanol–water partition coefficient (Wildman–Crippen LogP) is -0.128.